The lowest BCUT2D eigenvalue weighted by molar-refractivity contribution is -0.0298. The van der Waals surface area contributed by atoms with E-state index in [4.69, 9.17) is 15.2 Å². The molecule has 1 rings (SSSR count). The molecule has 1 aromatic carbocycles. The van der Waals surface area contributed by atoms with E-state index in [1.54, 1.807) is 6.07 Å². The molecule has 6 heteroatoms. The van der Waals surface area contributed by atoms with Crippen molar-refractivity contribution in [2.75, 3.05) is 26.7 Å². The Bertz CT molecular complexity index is 461. The van der Waals surface area contributed by atoms with Gasteiger partial charge >= 0.3 is 0 Å². The Hall–Kier alpha value is -1.79. The number of nitrogens with two attached hydrogens (primary N) is 1. The number of hydrogen-bond donors (Lipinski definition) is 2. The fourth-order valence-electron chi connectivity index (χ4n) is 1.96. The number of rotatable bonds is 9. The highest BCUT2D eigenvalue weighted by Gasteiger charge is 2.13. The lowest BCUT2D eigenvalue weighted by Gasteiger charge is -2.21. The predicted octanol–water partition coefficient (Wildman–Crippen LogP) is 1.22. The summed E-state index contributed by atoms with van der Waals surface area (Å²) in [5.74, 6) is 0.213. The molecular formula is C15H24N2O4. The monoisotopic (exact) mass is 296 g/mol. The third kappa shape index (κ3) is 5.24. The average Bonchev–Trinajstić information content (AvgIpc) is 2.48. The average molecular weight is 296 g/mol. The second kappa shape index (κ2) is 8.49. The summed E-state index contributed by atoms with van der Waals surface area (Å²) in [7, 11) is 1.47. The van der Waals surface area contributed by atoms with Crippen LogP contribution in [0.1, 0.15) is 30.6 Å². The van der Waals surface area contributed by atoms with Gasteiger partial charge in [0, 0.05) is 18.5 Å². The van der Waals surface area contributed by atoms with Crippen LogP contribution in [0.3, 0.4) is 0 Å². The standard InChI is InChI=1S/C15H24N2O4/c1-4-17(5-2)9-8-14(18)21-12-7-6-11(15(16)19)10-13(12)20-3/h6-7,10,14,18H,4-5,8-9H2,1-3H3,(H2,16,19). The van der Waals surface area contributed by atoms with Gasteiger partial charge in [-0.15, -0.1) is 0 Å². The summed E-state index contributed by atoms with van der Waals surface area (Å²) in [5, 5.41) is 9.94. The van der Waals surface area contributed by atoms with Gasteiger partial charge in [-0.25, -0.2) is 0 Å². The minimum absolute atomic E-state index is 0.330. The maximum Gasteiger partial charge on any atom is 0.248 e. The molecule has 0 heterocycles. The maximum atomic E-state index is 11.1. The van der Waals surface area contributed by atoms with E-state index in [0.717, 1.165) is 19.6 Å². The van der Waals surface area contributed by atoms with Gasteiger partial charge in [0.2, 0.25) is 5.91 Å². The van der Waals surface area contributed by atoms with Crippen molar-refractivity contribution in [2.45, 2.75) is 26.6 Å². The normalized spacial score (nSPS) is 12.2. The van der Waals surface area contributed by atoms with Crippen LogP contribution in [0.25, 0.3) is 0 Å². The zero-order valence-corrected chi connectivity index (χ0v) is 12.8. The number of aliphatic hydroxyl groups is 1. The van der Waals surface area contributed by atoms with Crippen LogP contribution in [0, 0.1) is 0 Å². The zero-order chi connectivity index (χ0) is 15.8. The first-order chi connectivity index (χ1) is 10.0. The van der Waals surface area contributed by atoms with Crippen LogP contribution in [0.4, 0.5) is 0 Å². The number of amides is 1. The minimum Gasteiger partial charge on any atom is -0.493 e. The molecule has 118 valence electrons. The van der Waals surface area contributed by atoms with Crippen molar-refractivity contribution >= 4 is 5.91 Å². The van der Waals surface area contributed by atoms with Crippen LogP contribution in [-0.4, -0.2) is 48.9 Å². The molecular weight excluding hydrogens is 272 g/mol. The predicted molar refractivity (Wildman–Crippen MR) is 80.6 cm³/mol. The van der Waals surface area contributed by atoms with E-state index in [2.05, 4.69) is 18.7 Å². The number of nitrogens with zero attached hydrogens (tertiary/aromatic N) is 1. The molecule has 21 heavy (non-hydrogen) atoms. The largest absolute Gasteiger partial charge is 0.493 e. The van der Waals surface area contributed by atoms with Gasteiger partial charge in [-0.05, 0) is 31.3 Å². The van der Waals surface area contributed by atoms with Crippen molar-refractivity contribution in [3.63, 3.8) is 0 Å². The van der Waals surface area contributed by atoms with Gasteiger partial charge in [0.15, 0.2) is 17.8 Å². The Balaban J connectivity index is 2.67. The SMILES string of the molecule is CCN(CC)CCC(O)Oc1ccc(C(N)=O)cc1OC. The van der Waals surface area contributed by atoms with E-state index in [9.17, 15) is 9.90 Å². The Morgan fingerprint density at radius 1 is 1.33 bits per heavy atom. The molecule has 6 nitrogen and oxygen atoms in total. The van der Waals surface area contributed by atoms with Gasteiger partial charge in [-0.1, -0.05) is 13.8 Å². The van der Waals surface area contributed by atoms with Gasteiger partial charge in [-0.2, -0.15) is 0 Å². The Morgan fingerprint density at radius 2 is 2.00 bits per heavy atom. The van der Waals surface area contributed by atoms with E-state index in [1.807, 2.05) is 0 Å². The van der Waals surface area contributed by atoms with E-state index >= 15 is 0 Å². The molecule has 1 unspecified atom stereocenters. The van der Waals surface area contributed by atoms with Crippen LogP contribution < -0.4 is 15.2 Å². The summed E-state index contributed by atoms with van der Waals surface area (Å²) in [6.07, 6.45) is -0.443. The van der Waals surface area contributed by atoms with Crippen LogP contribution in [0.15, 0.2) is 18.2 Å². The van der Waals surface area contributed by atoms with Gasteiger partial charge in [0.05, 0.1) is 7.11 Å². The number of aliphatic hydroxyl groups excluding tert-OH is 1. The number of benzene rings is 1. The lowest BCUT2D eigenvalue weighted by atomic mass is 10.2. The molecule has 0 aliphatic rings. The molecule has 0 spiro atoms. The van der Waals surface area contributed by atoms with Crippen LogP contribution in [0.5, 0.6) is 11.5 Å². The maximum absolute atomic E-state index is 11.1. The van der Waals surface area contributed by atoms with Crippen molar-refractivity contribution < 1.29 is 19.4 Å². The molecule has 3 N–H and O–H groups in total. The third-order valence-corrected chi connectivity index (χ3v) is 3.30. The minimum atomic E-state index is -0.932. The number of carbonyl (C=O) groups is 1. The van der Waals surface area contributed by atoms with E-state index in [-0.39, 0.29) is 0 Å². The molecule has 0 saturated heterocycles. The lowest BCUT2D eigenvalue weighted by Crippen LogP contribution is -2.29. The molecule has 0 aliphatic heterocycles. The third-order valence-electron chi connectivity index (χ3n) is 3.30. The highest BCUT2D eigenvalue weighted by Crippen LogP contribution is 2.29. The topological polar surface area (TPSA) is 85.0 Å². The van der Waals surface area contributed by atoms with Gasteiger partial charge in [0.25, 0.3) is 0 Å². The quantitative estimate of drug-likeness (QED) is 0.669. The molecule has 0 fully saturated rings. The Morgan fingerprint density at radius 3 is 2.52 bits per heavy atom. The number of ether oxygens (including phenoxy) is 2. The summed E-state index contributed by atoms with van der Waals surface area (Å²) >= 11 is 0. The van der Waals surface area contributed by atoms with Crippen molar-refractivity contribution in [2.24, 2.45) is 5.73 Å². The number of primary amides is 1. The van der Waals surface area contributed by atoms with Crippen LogP contribution >= 0.6 is 0 Å². The summed E-state index contributed by atoms with van der Waals surface area (Å²) in [4.78, 5) is 13.3. The van der Waals surface area contributed by atoms with Crippen molar-refractivity contribution in [3.8, 4) is 11.5 Å². The number of methoxy groups -OCH3 is 1. The van der Waals surface area contributed by atoms with E-state index in [1.165, 1.54) is 19.2 Å². The Labute approximate surface area is 125 Å². The molecule has 0 radical (unpaired) electrons. The molecule has 1 aromatic rings. The van der Waals surface area contributed by atoms with Gasteiger partial charge in [0.1, 0.15) is 0 Å². The second-order valence-corrected chi connectivity index (χ2v) is 4.62. The highest BCUT2D eigenvalue weighted by molar-refractivity contribution is 5.93. The van der Waals surface area contributed by atoms with Gasteiger partial charge in [-0.3, -0.25) is 4.79 Å². The summed E-state index contributed by atoms with van der Waals surface area (Å²) in [5.41, 5.74) is 5.54. The number of hydrogen-bond acceptors (Lipinski definition) is 5. The first kappa shape index (κ1) is 17.3. The van der Waals surface area contributed by atoms with Crippen LogP contribution in [0.2, 0.25) is 0 Å². The van der Waals surface area contributed by atoms with Gasteiger partial charge < -0.3 is 25.2 Å². The zero-order valence-electron chi connectivity index (χ0n) is 12.8. The summed E-state index contributed by atoms with van der Waals surface area (Å²) in [6, 6.07) is 4.60. The van der Waals surface area contributed by atoms with Crippen molar-refractivity contribution in [3.05, 3.63) is 23.8 Å². The fraction of sp³-hybridized carbons (Fsp3) is 0.533. The summed E-state index contributed by atoms with van der Waals surface area (Å²) < 4.78 is 10.6. The summed E-state index contributed by atoms with van der Waals surface area (Å²) in [6.45, 7) is 6.75. The molecule has 0 aromatic heterocycles. The molecule has 0 aliphatic carbocycles. The smallest absolute Gasteiger partial charge is 0.248 e. The van der Waals surface area contributed by atoms with Crippen LogP contribution in [-0.2, 0) is 0 Å². The highest BCUT2D eigenvalue weighted by atomic mass is 16.6. The first-order valence-corrected chi connectivity index (χ1v) is 7.06. The Kier molecular flexibility index (Phi) is 6.98. The van der Waals surface area contributed by atoms with Crippen molar-refractivity contribution in [1.82, 2.24) is 4.90 Å². The second-order valence-electron chi connectivity index (χ2n) is 4.62. The number of carbonyl (C=O) groups excluding carboxylic acids is 1. The molecule has 0 saturated carbocycles. The van der Waals surface area contributed by atoms with E-state index < -0.39 is 12.2 Å². The molecule has 0 bridgehead atoms. The molecule has 1 atom stereocenters. The van der Waals surface area contributed by atoms with E-state index in [0.29, 0.717) is 23.5 Å². The molecule has 1 amide bonds. The first-order valence-electron chi connectivity index (χ1n) is 7.06. The fourth-order valence-corrected chi connectivity index (χ4v) is 1.96. The van der Waals surface area contributed by atoms with Crippen molar-refractivity contribution in [1.29, 1.82) is 0 Å².